The number of halogens is 1. The number of nitrogens with two attached hydrogens (primary N) is 1. The minimum Gasteiger partial charge on any atom is -0.307 e. The van der Waals surface area contributed by atoms with Crippen molar-refractivity contribution in [1.82, 2.24) is 9.97 Å². The van der Waals surface area contributed by atoms with Crippen molar-refractivity contribution >= 4 is 21.2 Å². The van der Waals surface area contributed by atoms with E-state index in [-0.39, 0.29) is 17.0 Å². The largest absolute Gasteiger partial charge is 0.307 e. The van der Waals surface area contributed by atoms with Crippen LogP contribution in [0.4, 0.5) is 4.39 Å². The molecule has 0 amide bonds. The van der Waals surface area contributed by atoms with Crippen molar-refractivity contribution in [3.05, 3.63) is 102 Å². The lowest BCUT2D eigenvalue weighted by atomic mass is 10.0. The molecule has 0 spiro atoms. The summed E-state index contributed by atoms with van der Waals surface area (Å²) in [7, 11) is -4.08. The van der Waals surface area contributed by atoms with Gasteiger partial charge in [0.15, 0.2) is 4.87 Å². The van der Waals surface area contributed by atoms with E-state index >= 15 is 0 Å². The Morgan fingerprint density at radius 2 is 1.67 bits per heavy atom. The van der Waals surface area contributed by atoms with Gasteiger partial charge in [0.05, 0.1) is 10.6 Å². The molecule has 30 heavy (non-hydrogen) atoms. The highest BCUT2D eigenvalue weighted by molar-refractivity contribution is 7.92. The fourth-order valence-electron chi connectivity index (χ4n) is 3.19. The first-order valence-corrected chi connectivity index (χ1v) is 11.5. The monoisotopic (exact) mass is 439 g/mol. The minimum absolute atomic E-state index is 0.00186. The molecule has 0 aliphatic heterocycles. The Morgan fingerprint density at radius 3 is 2.27 bits per heavy atom. The lowest BCUT2D eigenvalue weighted by Gasteiger charge is -2.29. The van der Waals surface area contributed by atoms with E-state index < -0.39 is 20.5 Å². The molecule has 2 heterocycles. The summed E-state index contributed by atoms with van der Waals surface area (Å²) in [5.41, 5.74) is 8.47. The van der Waals surface area contributed by atoms with Gasteiger partial charge in [0, 0.05) is 29.8 Å². The topological polar surface area (TPSA) is 85.9 Å². The molecule has 0 radical (unpaired) electrons. The molecule has 1 unspecified atom stereocenters. The number of aromatic nitrogens is 2. The molecule has 0 bridgehead atoms. The van der Waals surface area contributed by atoms with Crippen LogP contribution >= 0.6 is 11.3 Å². The summed E-state index contributed by atoms with van der Waals surface area (Å²) in [5.74, 6) is -0.521. The number of benzene rings is 2. The summed E-state index contributed by atoms with van der Waals surface area (Å²) in [5, 5.41) is 2.77. The summed E-state index contributed by atoms with van der Waals surface area (Å²) >= 11 is 1.52. The first kappa shape index (κ1) is 20.3. The van der Waals surface area contributed by atoms with Crippen LogP contribution in [0.3, 0.4) is 0 Å². The zero-order valence-corrected chi connectivity index (χ0v) is 17.4. The first-order chi connectivity index (χ1) is 14.4. The zero-order chi connectivity index (χ0) is 21.2. The Morgan fingerprint density at radius 1 is 0.933 bits per heavy atom. The fourth-order valence-corrected chi connectivity index (χ4v) is 5.51. The van der Waals surface area contributed by atoms with Crippen LogP contribution in [0.1, 0.15) is 11.3 Å². The predicted octanol–water partition coefficient (Wildman–Crippen LogP) is 4.17. The lowest BCUT2D eigenvalue weighted by Crippen LogP contribution is -2.47. The van der Waals surface area contributed by atoms with Gasteiger partial charge in [-0.15, -0.1) is 11.3 Å². The van der Waals surface area contributed by atoms with E-state index in [1.54, 1.807) is 24.4 Å². The molecular weight excluding hydrogens is 421 g/mol. The van der Waals surface area contributed by atoms with Crippen molar-refractivity contribution in [1.29, 1.82) is 0 Å². The molecule has 0 saturated heterocycles. The van der Waals surface area contributed by atoms with Gasteiger partial charge in [-0.3, -0.25) is 4.98 Å². The molecule has 0 aliphatic rings. The molecule has 4 aromatic rings. The average molecular weight is 440 g/mol. The summed E-state index contributed by atoms with van der Waals surface area (Å²) in [4.78, 5) is 6.63. The van der Waals surface area contributed by atoms with Crippen molar-refractivity contribution in [2.45, 2.75) is 16.2 Å². The second kappa shape index (κ2) is 8.06. The second-order valence-corrected chi connectivity index (χ2v) is 9.87. The van der Waals surface area contributed by atoms with Crippen LogP contribution in [0, 0.1) is 5.82 Å². The molecule has 0 fully saturated rings. The van der Waals surface area contributed by atoms with Gasteiger partial charge >= 0.3 is 0 Å². The SMILES string of the molecule is NC(Cc1ccc(-c2nccs2)cc1)(c1ccccn1)S(=O)(=O)c1ccc(F)cc1. The molecule has 0 saturated carbocycles. The van der Waals surface area contributed by atoms with E-state index in [1.807, 2.05) is 29.6 Å². The highest BCUT2D eigenvalue weighted by Gasteiger charge is 2.44. The van der Waals surface area contributed by atoms with E-state index in [0.717, 1.165) is 28.3 Å². The molecule has 2 N–H and O–H groups in total. The van der Waals surface area contributed by atoms with Crippen molar-refractivity contribution in [2.24, 2.45) is 5.73 Å². The number of pyridine rings is 1. The smallest absolute Gasteiger partial charge is 0.203 e. The first-order valence-electron chi connectivity index (χ1n) is 9.09. The van der Waals surface area contributed by atoms with Crippen molar-refractivity contribution < 1.29 is 12.8 Å². The van der Waals surface area contributed by atoms with Crippen LogP contribution in [-0.4, -0.2) is 18.4 Å². The third kappa shape index (κ3) is 3.77. The second-order valence-electron chi connectivity index (χ2n) is 6.77. The van der Waals surface area contributed by atoms with Crippen LogP contribution in [0.5, 0.6) is 0 Å². The number of nitrogens with zero attached hydrogens (tertiary/aromatic N) is 2. The third-order valence-electron chi connectivity index (χ3n) is 4.80. The molecule has 152 valence electrons. The van der Waals surface area contributed by atoms with Gasteiger partial charge in [0.1, 0.15) is 10.8 Å². The number of sulfone groups is 1. The van der Waals surface area contributed by atoms with Gasteiger partial charge < -0.3 is 5.73 Å². The average Bonchev–Trinajstić information content (AvgIpc) is 3.30. The summed E-state index contributed by atoms with van der Waals surface area (Å²) in [6.45, 7) is 0. The molecule has 5 nitrogen and oxygen atoms in total. The normalized spacial score (nSPS) is 13.7. The van der Waals surface area contributed by atoms with E-state index in [9.17, 15) is 12.8 Å². The van der Waals surface area contributed by atoms with Gasteiger partial charge in [0.25, 0.3) is 0 Å². The Kier molecular flexibility index (Phi) is 5.46. The maximum atomic E-state index is 13.5. The molecule has 1 atom stereocenters. The molecule has 2 aromatic heterocycles. The van der Waals surface area contributed by atoms with Gasteiger partial charge in [0.2, 0.25) is 9.84 Å². The van der Waals surface area contributed by atoms with E-state index in [1.165, 1.54) is 29.7 Å². The Hall–Kier alpha value is -2.94. The van der Waals surface area contributed by atoms with Crippen molar-refractivity contribution in [3.8, 4) is 10.6 Å². The molecule has 8 heteroatoms. The van der Waals surface area contributed by atoms with Crippen LogP contribution in [0.25, 0.3) is 10.6 Å². The van der Waals surface area contributed by atoms with Gasteiger partial charge in [-0.1, -0.05) is 30.3 Å². The quantitative estimate of drug-likeness (QED) is 0.456. The van der Waals surface area contributed by atoms with E-state index in [4.69, 9.17) is 5.73 Å². The van der Waals surface area contributed by atoms with Crippen molar-refractivity contribution in [2.75, 3.05) is 0 Å². The minimum atomic E-state index is -4.08. The number of hydrogen-bond acceptors (Lipinski definition) is 6. The van der Waals surface area contributed by atoms with Crippen LogP contribution in [0.2, 0.25) is 0 Å². The van der Waals surface area contributed by atoms with E-state index in [0.29, 0.717) is 0 Å². The van der Waals surface area contributed by atoms with Crippen LogP contribution in [0.15, 0.2) is 89.4 Å². The van der Waals surface area contributed by atoms with Gasteiger partial charge in [-0.25, -0.2) is 17.8 Å². The fraction of sp³-hybridized carbons (Fsp3) is 0.0909. The number of rotatable bonds is 6. The summed E-state index contributed by atoms with van der Waals surface area (Å²) in [6.07, 6.45) is 3.24. The Balaban J connectivity index is 1.76. The molecular formula is C22H18FN3O2S2. The van der Waals surface area contributed by atoms with E-state index in [2.05, 4.69) is 9.97 Å². The van der Waals surface area contributed by atoms with Crippen LogP contribution in [-0.2, 0) is 21.1 Å². The summed E-state index contributed by atoms with van der Waals surface area (Å²) in [6, 6.07) is 17.1. The highest BCUT2D eigenvalue weighted by atomic mass is 32.2. The number of thiazole rings is 1. The maximum Gasteiger partial charge on any atom is 0.203 e. The van der Waals surface area contributed by atoms with Crippen LogP contribution < -0.4 is 5.73 Å². The third-order valence-corrected chi connectivity index (χ3v) is 7.83. The van der Waals surface area contributed by atoms with Crippen molar-refractivity contribution in [3.63, 3.8) is 0 Å². The molecule has 4 rings (SSSR count). The standard InChI is InChI=1S/C22H18FN3O2S2/c23-18-8-10-19(11-9-18)30(27,28)22(24,20-3-1-2-12-25-20)15-16-4-6-17(7-5-16)21-26-13-14-29-21/h1-14H,15,24H2. The Labute approximate surface area is 178 Å². The molecule has 2 aromatic carbocycles. The zero-order valence-electron chi connectivity index (χ0n) is 15.8. The number of hydrogen-bond donors (Lipinski definition) is 1. The molecule has 0 aliphatic carbocycles. The predicted molar refractivity (Wildman–Crippen MR) is 115 cm³/mol. The maximum absolute atomic E-state index is 13.5. The van der Waals surface area contributed by atoms with Gasteiger partial charge in [-0.05, 0) is 42.0 Å². The van der Waals surface area contributed by atoms with Gasteiger partial charge in [-0.2, -0.15) is 0 Å². The highest BCUT2D eigenvalue weighted by Crippen LogP contribution is 2.34. The summed E-state index contributed by atoms with van der Waals surface area (Å²) < 4.78 is 40.4. The lowest BCUT2D eigenvalue weighted by molar-refractivity contribution is 0.515. The Bertz CT molecular complexity index is 1230.